The van der Waals surface area contributed by atoms with Gasteiger partial charge in [0.15, 0.2) is 5.82 Å². The molecule has 1 amide bonds. The van der Waals surface area contributed by atoms with E-state index in [-0.39, 0.29) is 19.0 Å². The lowest BCUT2D eigenvalue weighted by Gasteiger charge is -2.20. The summed E-state index contributed by atoms with van der Waals surface area (Å²) < 4.78 is 39.8. The molecule has 0 aliphatic rings. The second kappa shape index (κ2) is 10.3. The van der Waals surface area contributed by atoms with Crippen LogP contribution in [-0.4, -0.2) is 44.1 Å². The fourth-order valence-electron chi connectivity index (χ4n) is 3.01. The summed E-state index contributed by atoms with van der Waals surface area (Å²) in [4.78, 5) is 14.4. The molecule has 3 aromatic rings. The Hall–Kier alpha value is -2.69. The zero-order valence-corrected chi connectivity index (χ0v) is 18.4. The van der Waals surface area contributed by atoms with Gasteiger partial charge in [-0.3, -0.25) is 9.69 Å². The summed E-state index contributed by atoms with van der Waals surface area (Å²) in [6.45, 7) is 2.78. The van der Waals surface area contributed by atoms with Crippen LogP contribution in [0.15, 0.2) is 42.5 Å². The number of carbonyl (C=O) groups excluding carboxylic acids is 1. The van der Waals surface area contributed by atoms with Crippen LogP contribution in [0.3, 0.4) is 0 Å². The molecule has 7 nitrogen and oxygen atoms in total. The average molecular weight is 487 g/mol. The van der Waals surface area contributed by atoms with E-state index in [1.54, 1.807) is 12.1 Å². The predicted octanol–water partition coefficient (Wildman–Crippen LogP) is 4.84. The maximum Gasteiger partial charge on any atom is 0.416 e. The topological polar surface area (TPSA) is 75.9 Å². The van der Waals surface area contributed by atoms with Gasteiger partial charge in [0.05, 0.1) is 35.1 Å². The van der Waals surface area contributed by atoms with Gasteiger partial charge in [-0.1, -0.05) is 30.1 Å². The van der Waals surface area contributed by atoms with Gasteiger partial charge >= 0.3 is 6.18 Å². The van der Waals surface area contributed by atoms with Crippen molar-refractivity contribution in [2.24, 2.45) is 0 Å². The van der Waals surface area contributed by atoms with Crippen molar-refractivity contribution in [3.05, 3.63) is 63.9 Å². The average Bonchev–Trinajstić information content (AvgIpc) is 3.18. The Labute approximate surface area is 192 Å². The van der Waals surface area contributed by atoms with Crippen LogP contribution in [0.25, 0.3) is 5.69 Å². The lowest BCUT2D eigenvalue weighted by molar-refractivity contribution is -0.137. The van der Waals surface area contributed by atoms with Crippen molar-refractivity contribution in [2.45, 2.75) is 26.1 Å². The number of amides is 1. The minimum Gasteiger partial charge on any atom is -0.324 e. The number of nitrogens with one attached hydrogen (secondary N) is 1. The number of anilines is 1. The zero-order chi connectivity index (χ0) is 23.3. The molecule has 0 unspecified atom stereocenters. The first-order chi connectivity index (χ1) is 15.2. The van der Waals surface area contributed by atoms with Crippen LogP contribution in [0, 0.1) is 0 Å². The van der Waals surface area contributed by atoms with Crippen molar-refractivity contribution in [3.63, 3.8) is 0 Å². The van der Waals surface area contributed by atoms with E-state index in [0.717, 1.165) is 18.6 Å². The Bertz CT molecular complexity index is 1070. The molecule has 0 spiro atoms. The second-order valence-electron chi connectivity index (χ2n) is 6.93. The molecule has 3 rings (SSSR count). The number of nitrogens with zero attached hydrogens (tertiary/aromatic N) is 5. The van der Waals surface area contributed by atoms with E-state index < -0.39 is 11.7 Å². The van der Waals surface area contributed by atoms with E-state index >= 15 is 0 Å². The lowest BCUT2D eigenvalue weighted by atomic mass is 10.2. The molecule has 0 aliphatic heterocycles. The summed E-state index contributed by atoms with van der Waals surface area (Å²) in [6, 6.07) is 9.27. The van der Waals surface area contributed by atoms with Crippen LogP contribution in [0.5, 0.6) is 0 Å². The normalized spacial score (nSPS) is 11.7. The third-order valence-electron chi connectivity index (χ3n) is 4.45. The van der Waals surface area contributed by atoms with E-state index in [1.807, 2.05) is 11.8 Å². The fraction of sp³-hybridized carbons (Fsp3) is 0.300. The summed E-state index contributed by atoms with van der Waals surface area (Å²) in [7, 11) is 0. The summed E-state index contributed by atoms with van der Waals surface area (Å²) in [6.07, 6.45) is -3.67. The van der Waals surface area contributed by atoms with Crippen molar-refractivity contribution in [1.29, 1.82) is 0 Å². The Kier molecular flexibility index (Phi) is 7.70. The van der Waals surface area contributed by atoms with Crippen LogP contribution < -0.4 is 5.32 Å². The molecule has 1 heterocycles. The third-order valence-corrected chi connectivity index (χ3v) is 5.00. The lowest BCUT2D eigenvalue weighted by Crippen LogP contribution is -2.34. The Balaban J connectivity index is 1.71. The molecule has 0 aliphatic carbocycles. The van der Waals surface area contributed by atoms with E-state index in [0.29, 0.717) is 33.8 Å². The van der Waals surface area contributed by atoms with Crippen LogP contribution in [0.4, 0.5) is 18.9 Å². The van der Waals surface area contributed by atoms with Crippen LogP contribution >= 0.6 is 23.2 Å². The van der Waals surface area contributed by atoms with Gasteiger partial charge in [-0.05, 0) is 65.9 Å². The van der Waals surface area contributed by atoms with E-state index in [4.69, 9.17) is 23.2 Å². The number of hydrogen-bond acceptors (Lipinski definition) is 5. The van der Waals surface area contributed by atoms with Gasteiger partial charge in [0.1, 0.15) is 0 Å². The Morgan fingerprint density at radius 1 is 1.16 bits per heavy atom. The first-order valence-corrected chi connectivity index (χ1v) is 10.3. The summed E-state index contributed by atoms with van der Waals surface area (Å²) in [5.41, 5.74) is 0.0555. The first kappa shape index (κ1) is 24.0. The molecular formula is C20H19Cl2F3N6O. The standard InChI is InChI=1S/C20H19Cl2F3N6O/c1-2-9-30(12-19(32)26-17-8-5-14(21)10-16(17)22)11-18-27-28-29-31(18)15-6-3-13(4-7-15)20(23,24)25/h3-8,10H,2,9,11-12H2,1H3,(H,26,32). The quantitative estimate of drug-likeness (QED) is 0.492. The minimum atomic E-state index is -4.43. The molecule has 32 heavy (non-hydrogen) atoms. The molecule has 1 N–H and O–H groups in total. The molecule has 0 atom stereocenters. The number of rotatable bonds is 8. The zero-order valence-electron chi connectivity index (χ0n) is 16.9. The molecule has 0 fully saturated rings. The largest absolute Gasteiger partial charge is 0.416 e. The fourth-order valence-corrected chi connectivity index (χ4v) is 3.47. The molecule has 0 saturated heterocycles. The maximum atomic E-state index is 12.8. The van der Waals surface area contributed by atoms with Gasteiger partial charge < -0.3 is 5.32 Å². The second-order valence-corrected chi connectivity index (χ2v) is 7.78. The van der Waals surface area contributed by atoms with Crippen LogP contribution in [0.2, 0.25) is 10.0 Å². The highest BCUT2D eigenvalue weighted by molar-refractivity contribution is 6.36. The highest BCUT2D eigenvalue weighted by Gasteiger charge is 2.30. The Morgan fingerprint density at radius 3 is 2.50 bits per heavy atom. The molecule has 0 saturated carbocycles. The third kappa shape index (κ3) is 6.18. The number of tetrazole rings is 1. The number of alkyl halides is 3. The van der Waals surface area contributed by atoms with Gasteiger partial charge in [0.2, 0.25) is 5.91 Å². The van der Waals surface area contributed by atoms with E-state index in [1.165, 1.54) is 22.9 Å². The molecule has 1 aromatic heterocycles. The first-order valence-electron chi connectivity index (χ1n) is 9.59. The van der Waals surface area contributed by atoms with Gasteiger partial charge in [-0.25, -0.2) is 0 Å². The summed E-state index contributed by atoms with van der Waals surface area (Å²) in [5.74, 6) is 0.0896. The van der Waals surface area contributed by atoms with Gasteiger partial charge in [0, 0.05) is 5.02 Å². The molecule has 2 aromatic carbocycles. The van der Waals surface area contributed by atoms with Crippen molar-refractivity contribution >= 4 is 34.8 Å². The van der Waals surface area contributed by atoms with Crippen molar-refractivity contribution in [1.82, 2.24) is 25.1 Å². The van der Waals surface area contributed by atoms with Crippen LogP contribution in [0.1, 0.15) is 24.7 Å². The van der Waals surface area contributed by atoms with Gasteiger partial charge in [-0.2, -0.15) is 17.9 Å². The van der Waals surface area contributed by atoms with Crippen LogP contribution in [-0.2, 0) is 17.5 Å². The number of benzene rings is 2. The summed E-state index contributed by atoms with van der Waals surface area (Å²) in [5, 5.41) is 15.0. The van der Waals surface area contributed by atoms with Crippen molar-refractivity contribution in [2.75, 3.05) is 18.4 Å². The van der Waals surface area contributed by atoms with Crippen molar-refractivity contribution < 1.29 is 18.0 Å². The minimum absolute atomic E-state index is 0.0344. The SMILES string of the molecule is CCCN(CC(=O)Nc1ccc(Cl)cc1Cl)Cc1nnnn1-c1ccc(C(F)(F)F)cc1. The van der Waals surface area contributed by atoms with Crippen molar-refractivity contribution in [3.8, 4) is 5.69 Å². The molecule has 0 radical (unpaired) electrons. The summed E-state index contributed by atoms with van der Waals surface area (Å²) >= 11 is 12.0. The molecular weight excluding hydrogens is 468 g/mol. The smallest absolute Gasteiger partial charge is 0.324 e. The molecule has 12 heteroatoms. The Morgan fingerprint density at radius 2 is 1.88 bits per heavy atom. The number of aromatic nitrogens is 4. The van der Waals surface area contributed by atoms with E-state index in [2.05, 4.69) is 20.8 Å². The monoisotopic (exact) mass is 486 g/mol. The molecule has 170 valence electrons. The van der Waals surface area contributed by atoms with Gasteiger partial charge in [0.25, 0.3) is 0 Å². The highest BCUT2D eigenvalue weighted by atomic mass is 35.5. The number of hydrogen-bond donors (Lipinski definition) is 1. The highest BCUT2D eigenvalue weighted by Crippen LogP contribution is 2.29. The van der Waals surface area contributed by atoms with E-state index in [9.17, 15) is 18.0 Å². The van der Waals surface area contributed by atoms with Gasteiger partial charge in [-0.15, -0.1) is 5.10 Å². The predicted molar refractivity (Wildman–Crippen MR) is 115 cm³/mol. The maximum absolute atomic E-state index is 12.8. The number of carbonyl (C=O) groups is 1. The number of halogens is 5. The molecule has 0 bridgehead atoms.